The van der Waals surface area contributed by atoms with Crippen molar-refractivity contribution in [1.29, 1.82) is 0 Å². The maximum Gasteiger partial charge on any atom is 0.237 e. The number of likely N-dealkylation sites (tertiary alicyclic amines) is 1. The molecular formula is C16H31N3O. The van der Waals surface area contributed by atoms with Crippen LogP contribution in [-0.4, -0.2) is 48.6 Å². The van der Waals surface area contributed by atoms with Crippen molar-refractivity contribution in [2.75, 3.05) is 13.6 Å². The average Bonchev–Trinajstić information content (AvgIpc) is 2.44. The molecule has 0 radical (unpaired) electrons. The van der Waals surface area contributed by atoms with E-state index in [1.54, 1.807) is 0 Å². The fraction of sp³-hybridized carbons (Fsp3) is 0.938. The number of hydrogen-bond donors (Lipinski definition) is 2. The van der Waals surface area contributed by atoms with Crippen molar-refractivity contribution >= 4 is 5.91 Å². The Morgan fingerprint density at radius 2 is 1.85 bits per heavy atom. The lowest BCUT2D eigenvalue weighted by molar-refractivity contribution is -0.124. The Bertz CT molecular complexity index is 315. The van der Waals surface area contributed by atoms with E-state index < -0.39 is 0 Å². The summed E-state index contributed by atoms with van der Waals surface area (Å²) in [5, 5.41) is 6.74. The van der Waals surface area contributed by atoms with Crippen molar-refractivity contribution in [3.05, 3.63) is 0 Å². The van der Waals surface area contributed by atoms with Crippen molar-refractivity contribution in [2.45, 2.75) is 83.0 Å². The molecule has 116 valence electrons. The van der Waals surface area contributed by atoms with Crippen LogP contribution in [0.2, 0.25) is 0 Å². The van der Waals surface area contributed by atoms with Crippen molar-refractivity contribution in [2.24, 2.45) is 0 Å². The molecule has 4 heteroatoms. The highest BCUT2D eigenvalue weighted by atomic mass is 16.2. The molecule has 1 heterocycles. The highest BCUT2D eigenvalue weighted by Crippen LogP contribution is 2.18. The van der Waals surface area contributed by atoms with Gasteiger partial charge in [-0.1, -0.05) is 19.3 Å². The second kappa shape index (κ2) is 7.41. The molecule has 20 heavy (non-hydrogen) atoms. The number of amides is 1. The second-order valence-corrected chi connectivity index (χ2v) is 6.78. The largest absolute Gasteiger partial charge is 0.352 e. The summed E-state index contributed by atoms with van der Waals surface area (Å²) in [6, 6.07) is 1.43. The maximum atomic E-state index is 12.2. The van der Waals surface area contributed by atoms with Gasteiger partial charge in [0.25, 0.3) is 0 Å². The van der Waals surface area contributed by atoms with Gasteiger partial charge in [0.2, 0.25) is 5.91 Å². The van der Waals surface area contributed by atoms with Crippen LogP contribution in [0.15, 0.2) is 0 Å². The van der Waals surface area contributed by atoms with E-state index in [1.165, 1.54) is 19.3 Å². The van der Waals surface area contributed by atoms with Gasteiger partial charge in [0.05, 0.1) is 6.04 Å². The van der Waals surface area contributed by atoms with Crippen LogP contribution >= 0.6 is 0 Å². The standard InChI is InChI=1S/C16H31N3O/c1-12-11-15(9-10-19(12)3)17-13(2)16(20)18-14-7-5-4-6-8-14/h12-15,17H,4-11H2,1-3H3,(H,18,20). The van der Waals surface area contributed by atoms with Gasteiger partial charge in [-0.15, -0.1) is 0 Å². The zero-order valence-corrected chi connectivity index (χ0v) is 13.3. The first-order chi connectivity index (χ1) is 9.56. The van der Waals surface area contributed by atoms with Crippen LogP contribution in [0, 0.1) is 0 Å². The lowest BCUT2D eigenvalue weighted by Crippen LogP contribution is -2.53. The summed E-state index contributed by atoms with van der Waals surface area (Å²) in [5.41, 5.74) is 0. The minimum Gasteiger partial charge on any atom is -0.352 e. The topological polar surface area (TPSA) is 44.4 Å². The molecule has 3 atom stereocenters. The molecule has 0 bridgehead atoms. The lowest BCUT2D eigenvalue weighted by atomic mass is 9.95. The van der Waals surface area contributed by atoms with Crippen molar-refractivity contribution < 1.29 is 4.79 Å². The number of carbonyl (C=O) groups is 1. The van der Waals surface area contributed by atoms with Gasteiger partial charge in [-0.3, -0.25) is 4.79 Å². The number of rotatable bonds is 4. The first kappa shape index (κ1) is 15.8. The smallest absolute Gasteiger partial charge is 0.237 e. The van der Waals surface area contributed by atoms with Gasteiger partial charge in [-0.2, -0.15) is 0 Å². The third kappa shape index (κ3) is 4.45. The van der Waals surface area contributed by atoms with E-state index in [2.05, 4.69) is 29.5 Å². The average molecular weight is 281 g/mol. The Kier molecular flexibility index (Phi) is 5.85. The molecule has 1 aliphatic heterocycles. The molecule has 0 aromatic rings. The molecule has 4 nitrogen and oxygen atoms in total. The third-order valence-corrected chi connectivity index (χ3v) is 5.04. The first-order valence-electron chi connectivity index (χ1n) is 8.33. The summed E-state index contributed by atoms with van der Waals surface area (Å²) < 4.78 is 0. The first-order valence-corrected chi connectivity index (χ1v) is 8.33. The van der Waals surface area contributed by atoms with Crippen LogP contribution in [0.1, 0.15) is 58.8 Å². The molecule has 1 saturated carbocycles. The van der Waals surface area contributed by atoms with Gasteiger partial charge < -0.3 is 15.5 Å². The van der Waals surface area contributed by atoms with Crippen molar-refractivity contribution in [3.63, 3.8) is 0 Å². The Balaban J connectivity index is 1.73. The fourth-order valence-electron chi connectivity index (χ4n) is 3.44. The Hall–Kier alpha value is -0.610. The molecule has 1 saturated heterocycles. The van der Waals surface area contributed by atoms with Crippen LogP contribution in [0.4, 0.5) is 0 Å². The van der Waals surface area contributed by atoms with Crippen molar-refractivity contribution in [1.82, 2.24) is 15.5 Å². The number of hydrogen-bond acceptors (Lipinski definition) is 3. The minimum absolute atomic E-state index is 0.0717. The molecule has 2 fully saturated rings. The van der Waals surface area contributed by atoms with Gasteiger partial charge in [-0.05, 0) is 53.1 Å². The fourth-order valence-corrected chi connectivity index (χ4v) is 3.44. The van der Waals surface area contributed by atoms with Gasteiger partial charge >= 0.3 is 0 Å². The Morgan fingerprint density at radius 3 is 2.50 bits per heavy atom. The van der Waals surface area contributed by atoms with Gasteiger partial charge in [0.15, 0.2) is 0 Å². The molecule has 0 spiro atoms. The number of piperidine rings is 1. The van der Waals surface area contributed by atoms with Gasteiger partial charge in [0, 0.05) is 18.1 Å². The number of nitrogens with one attached hydrogen (secondary N) is 2. The van der Waals surface area contributed by atoms with Crippen LogP contribution in [-0.2, 0) is 4.79 Å². The van der Waals surface area contributed by atoms with Crippen LogP contribution in [0.25, 0.3) is 0 Å². The zero-order chi connectivity index (χ0) is 14.5. The normalized spacial score (nSPS) is 30.9. The maximum absolute atomic E-state index is 12.2. The molecule has 0 aromatic carbocycles. The Morgan fingerprint density at radius 1 is 1.15 bits per heavy atom. The van der Waals surface area contributed by atoms with Crippen molar-refractivity contribution in [3.8, 4) is 0 Å². The summed E-state index contributed by atoms with van der Waals surface area (Å²) in [5.74, 6) is 0.184. The van der Waals surface area contributed by atoms with E-state index in [9.17, 15) is 4.79 Å². The molecule has 2 aliphatic rings. The molecule has 1 aliphatic carbocycles. The molecule has 3 unspecified atom stereocenters. The molecule has 0 aromatic heterocycles. The quantitative estimate of drug-likeness (QED) is 0.827. The van der Waals surface area contributed by atoms with E-state index in [1.807, 2.05) is 6.92 Å². The summed E-state index contributed by atoms with van der Waals surface area (Å²) in [4.78, 5) is 14.6. The van der Waals surface area contributed by atoms with Gasteiger partial charge in [-0.25, -0.2) is 0 Å². The molecule has 2 rings (SSSR count). The summed E-state index contributed by atoms with van der Waals surface area (Å²) in [6.07, 6.45) is 8.44. The summed E-state index contributed by atoms with van der Waals surface area (Å²) in [6.45, 7) is 5.39. The van der Waals surface area contributed by atoms with E-state index in [0.717, 1.165) is 32.2 Å². The summed E-state index contributed by atoms with van der Waals surface area (Å²) >= 11 is 0. The van der Waals surface area contributed by atoms with Crippen LogP contribution in [0.3, 0.4) is 0 Å². The van der Waals surface area contributed by atoms with Crippen LogP contribution < -0.4 is 10.6 Å². The predicted molar refractivity (Wildman–Crippen MR) is 82.7 cm³/mol. The van der Waals surface area contributed by atoms with E-state index in [4.69, 9.17) is 0 Å². The third-order valence-electron chi connectivity index (χ3n) is 5.04. The van der Waals surface area contributed by atoms with Crippen LogP contribution in [0.5, 0.6) is 0 Å². The molecule has 1 amide bonds. The van der Waals surface area contributed by atoms with Gasteiger partial charge in [0.1, 0.15) is 0 Å². The second-order valence-electron chi connectivity index (χ2n) is 6.78. The molecule has 2 N–H and O–H groups in total. The minimum atomic E-state index is -0.0717. The van der Waals surface area contributed by atoms with E-state index in [0.29, 0.717) is 18.1 Å². The summed E-state index contributed by atoms with van der Waals surface area (Å²) in [7, 11) is 2.18. The monoisotopic (exact) mass is 281 g/mol. The zero-order valence-electron chi connectivity index (χ0n) is 13.3. The Labute approximate surface area is 123 Å². The van der Waals surface area contributed by atoms with E-state index in [-0.39, 0.29) is 11.9 Å². The number of nitrogens with zero attached hydrogens (tertiary/aromatic N) is 1. The highest BCUT2D eigenvalue weighted by molar-refractivity contribution is 5.81. The van der Waals surface area contributed by atoms with E-state index >= 15 is 0 Å². The highest BCUT2D eigenvalue weighted by Gasteiger charge is 2.26. The predicted octanol–water partition coefficient (Wildman–Crippen LogP) is 1.90. The lowest BCUT2D eigenvalue weighted by Gasteiger charge is -2.36. The number of carbonyl (C=O) groups excluding carboxylic acids is 1. The molecular weight excluding hydrogens is 250 g/mol. The SMILES string of the molecule is CC(NC1CCN(C)C(C)C1)C(=O)NC1CCCCC1.